The molecule has 0 amide bonds. The molecule has 0 radical (unpaired) electrons. The van der Waals surface area contributed by atoms with Gasteiger partial charge in [-0.15, -0.1) is 0 Å². The molecule has 1 saturated carbocycles. The van der Waals surface area contributed by atoms with Gasteiger partial charge in [0.05, 0.1) is 6.54 Å². The molecule has 2 aromatic heterocycles. The van der Waals surface area contributed by atoms with E-state index in [9.17, 15) is 0 Å². The van der Waals surface area contributed by atoms with Crippen LogP contribution in [0.25, 0.3) is 0 Å². The average molecular weight is 343 g/mol. The van der Waals surface area contributed by atoms with Gasteiger partial charge in [-0.3, -0.25) is 4.90 Å². The Morgan fingerprint density at radius 1 is 1.16 bits per heavy atom. The van der Waals surface area contributed by atoms with Crippen LogP contribution in [-0.2, 0) is 20.0 Å². The van der Waals surface area contributed by atoms with Gasteiger partial charge in [0, 0.05) is 37.8 Å². The predicted molar refractivity (Wildman–Crippen MR) is 95.1 cm³/mol. The van der Waals surface area contributed by atoms with Gasteiger partial charge in [0.1, 0.15) is 5.82 Å². The minimum Gasteiger partial charge on any atom is -0.339 e. The zero-order chi connectivity index (χ0) is 17.1. The Hall–Kier alpha value is -1.69. The van der Waals surface area contributed by atoms with E-state index in [0.717, 1.165) is 37.6 Å². The number of aryl methyl sites for hydroxylation is 2. The average Bonchev–Trinajstić information content (AvgIpc) is 3.36. The van der Waals surface area contributed by atoms with E-state index in [1.807, 2.05) is 12.4 Å². The predicted octanol–water partition coefficient (Wildman–Crippen LogP) is 3.45. The lowest BCUT2D eigenvalue weighted by molar-refractivity contribution is 0.127. The van der Waals surface area contributed by atoms with Crippen LogP contribution in [0.4, 0.5) is 0 Å². The van der Waals surface area contributed by atoms with Gasteiger partial charge < -0.3 is 9.09 Å². The van der Waals surface area contributed by atoms with Crippen LogP contribution in [0.3, 0.4) is 0 Å². The van der Waals surface area contributed by atoms with Gasteiger partial charge in [0.2, 0.25) is 5.89 Å². The summed E-state index contributed by atoms with van der Waals surface area (Å²) in [6, 6.07) is 0.596. The topological polar surface area (TPSA) is 60.0 Å². The first-order valence-electron chi connectivity index (χ1n) is 9.82. The molecule has 3 heterocycles. The minimum absolute atomic E-state index is 0.502. The summed E-state index contributed by atoms with van der Waals surface area (Å²) in [6.07, 6.45) is 15.0. The van der Waals surface area contributed by atoms with Crippen LogP contribution in [0.15, 0.2) is 16.9 Å². The third-order valence-electron chi connectivity index (χ3n) is 5.90. The van der Waals surface area contributed by atoms with Crippen molar-refractivity contribution in [2.24, 2.45) is 7.05 Å². The van der Waals surface area contributed by atoms with E-state index < -0.39 is 0 Å². The zero-order valence-electron chi connectivity index (χ0n) is 15.2. The quantitative estimate of drug-likeness (QED) is 0.804. The van der Waals surface area contributed by atoms with Crippen molar-refractivity contribution < 1.29 is 4.52 Å². The third-order valence-corrected chi connectivity index (χ3v) is 5.90. The highest BCUT2D eigenvalue weighted by atomic mass is 16.5. The molecule has 4 rings (SSSR count). The number of hydrogen-bond donors (Lipinski definition) is 0. The van der Waals surface area contributed by atoms with Crippen molar-refractivity contribution in [2.75, 3.05) is 6.54 Å². The molecule has 0 spiro atoms. The highest BCUT2D eigenvalue weighted by Crippen LogP contribution is 2.33. The number of imidazole rings is 1. The first kappa shape index (κ1) is 16.8. The monoisotopic (exact) mass is 343 g/mol. The normalized spacial score (nSPS) is 22.7. The molecule has 1 aliphatic carbocycles. The second kappa shape index (κ2) is 7.68. The standard InChI is InChI=1S/C19H29N5O/c1-23-13-11-20-18(23)10-9-16-8-4-5-12-24(16)14-17-21-19(25-22-17)15-6-2-3-7-15/h11,13,15-16H,2-10,12,14H2,1H3. The molecule has 1 atom stereocenters. The largest absolute Gasteiger partial charge is 0.339 e. The van der Waals surface area contributed by atoms with Crippen LogP contribution in [0.5, 0.6) is 0 Å². The van der Waals surface area contributed by atoms with Crippen LogP contribution >= 0.6 is 0 Å². The van der Waals surface area contributed by atoms with Gasteiger partial charge in [0.25, 0.3) is 0 Å². The molecule has 2 aromatic rings. The molecule has 25 heavy (non-hydrogen) atoms. The Morgan fingerprint density at radius 3 is 2.80 bits per heavy atom. The second-order valence-corrected chi connectivity index (χ2v) is 7.64. The van der Waals surface area contributed by atoms with Crippen molar-refractivity contribution >= 4 is 0 Å². The van der Waals surface area contributed by atoms with Crippen molar-refractivity contribution in [3.63, 3.8) is 0 Å². The maximum absolute atomic E-state index is 5.56. The van der Waals surface area contributed by atoms with Crippen LogP contribution in [-0.4, -0.2) is 37.2 Å². The molecule has 1 aliphatic heterocycles. The molecule has 1 saturated heterocycles. The van der Waals surface area contributed by atoms with Crippen molar-refractivity contribution in [3.05, 3.63) is 29.9 Å². The highest BCUT2D eigenvalue weighted by molar-refractivity contribution is 4.98. The molecule has 6 heteroatoms. The lowest BCUT2D eigenvalue weighted by Gasteiger charge is -2.34. The summed E-state index contributed by atoms with van der Waals surface area (Å²) < 4.78 is 7.68. The fourth-order valence-corrected chi connectivity index (χ4v) is 4.38. The minimum atomic E-state index is 0.502. The zero-order valence-corrected chi connectivity index (χ0v) is 15.2. The summed E-state index contributed by atoms with van der Waals surface area (Å²) in [6.45, 7) is 1.96. The lowest BCUT2D eigenvalue weighted by Crippen LogP contribution is -2.39. The van der Waals surface area contributed by atoms with E-state index in [0.29, 0.717) is 12.0 Å². The SMILES string of the molecule is Cn1ccnc1CCC1CCCCN1Cc1noc(C2CCCC2)n1. The van der Waals surface area contributed by atoms with E-state index in [2.05, 4.69) is 26.7 Å². The number of nitrogens with zero attached hydrogens (tertiary/aromatic N) is 5. The maximum atomic E-state index is 5.56. The summed E-state index contributed by atoms with van der Waals surface area (Å²) in [5.74, 6) is 3.41. The first-order chi connectivity index (χ1) is 12.3. The summed E-state index contributed by atoms with van der Waals surface area (Å²) in [5, 5.41) is 4.27. The summed E-state index contributed by atoms with van der Waals surface area (Å²) >= 11 is 0. The van der Waals surface area contributed by atoms with Crippen molar-refractivity contribution in [1.29, 1.82) is 0 Å². The molecule has 136 valence electrons. The van der Waals surface area contributed by atoms with Crippen LogP contribution in [0, 0.1) is 0 Å². The Morgan fingerprint density at radius 2 is 2.00 bits per heavy atom. The van der Waals surface area contributed by atoms with E-state index in [-0.39, 0.29) is 0 Å². The fourth-order valence-electron chi connectivity index (χ4n) is 4.38. The molecular weight excluding hydrogens is 314 g/mol. The molecule has 0 bridgehead atoms. The first-order valence-corrected chi connectivity index (χ1v) is 9.82. The fraction of sp³-hybridized carbons (Fsp3) is 0.737. The Kier molecular flexibility index (Phi) is 5.15. The van der Waals surface area contributed by atoms with Crippen molar-refractivity contribution in [1.82, 2.24) is 24.6 Å². The molecule has 1 unspecified atom stereocenters. The number of rotatable bonds is 6. The summed E-state index contributed by atoms with van der Waals surface area (Å²) in [5.41, 5.74) is 0. The number of aromatic nitrogens is 4. The molecule has 2 aliphatic rings. The molecular formula is C19H29N5O. The van der Waals surface area contributed by atoms with Gasteiger partial charge >= 0.3 is 0 Å². The van der Waals surface area contributed by atoms with Crippen molar-refractivity contribution in [3.8, 4) is 0 Å². The Labute approximate surface area is 149 Å². The van der Waals surface area contributed by atoms with Crippen LogP contribution in [0.1, 0.15) is 74.8 Å². The number of piperidine rings is 1. The van der Waals surface area contributed by atoms with E-state index in [1.54, 1.807) is 0 Å². The third kappa shape index (κ3) is 3.94. The van der Waals surface area contributed by atoms with Gasteiger partial charge in [-0.2, -0.15) is 4.98 Å². The maximum Gasteiger partial charge on any atom is 0.229 e. The van der Waals surface area contributed by atoms with E-state index in [4.69, 9.17) is 9.51 Å². The molecule has 2 fully saturated rings. The number of likely N-dealkylation sites (tertiary alicyclic amines) is 1. The molecule has 0 aromatic carbocycles. The number of hydrogen-bond acceptors (Lipinski definition) is 5. The molecule has 6 nitrogen and oxygen atoms in total. The van der Waals surface area contributed by atoms with Crippen molar-refractivity contribution in [2.45, 2.75) is 76.3 Å². The second-order valence-electron chi connectivity index (χ2n) is 7.64. The van der Waals surface area contributed by atoms with Gasteiger partial charge in [-0.25, -0.2) is 4.98 Å². The van der Waals surface area contributed by atoms with Gasteiger partial charge in [0.15, 0.2) is 5.82 Å². The Balaban J connectivity index is 1.36. The molecule has 0 N–H and O–H groups in total. The summed E-state index contributed by atoms with van der Waals surface area (Å²) in [7, 11) is 2.07. The van der Waals surface area contributed by atoms with Gasteiger partial charge in [-0.1, -0.05) is 24.4 Å². The van der Waals surface area contributed by atoms with E-state index >= 15 is 0 Å². The van der Waals surface area contributed by atoms with Crippen LogP contribution < -0.4 is 0 Å². The smallest absolute Gasteiger partial charge is 0.229 e. The van der Waals surface area contributed by atoms with E-state index in [1.165, 1.54) is 50.8 Å². The van der Waals surface area contributed by atoms with Crippen LogP contribution in [0.2, 0.25) is 0 Å². The van der Waals surface area contributed by atoms with Gasteiger partial charge in [-0.05, 0) is 38.6 Å². The highest BCUT2D eigenvalue weighted by Gasteiger charge is 2.26. The summed E-state index contributed by atoms with van der Waals surface area (Å²) in [4.78, 5) is 11.7. The Bertz CT molecular complexity index is 673. The lowest BCUT2D eigenvalue weighted by atomic mass is 9.97.